The Labute approximate surface area is 107 Å². The van der Waals surface area contributed by atoms with E-state index in [0.717, 1.165) is 23.0 Å². The second-order valence-corrected chi connectivity index (χ2v) is 4.37. The van der Waals surface area contributed by atoms with E-state index in [1.165, 1.54) is 0 Å². The van der Waals surface area contributed by atoms with Crippen LogP contribution in [0.1, 0.15) is 19.8 Å². The summed E-state index contributed by atoms with van der Waals surface area (Å²) in [7, 11) is 0. The first-order valence-electron chi connectivity index (χ1n) is 6.27. The molecule has 0 saturated heterocycles. The molecular formula is C14H19N3O. The average molecular weight is 245 g/mol. The van der Waals surface area contributed by atoms with Gasteiger partial charge in [0.25, 0.3) is 0 Å². The van der Waals surface area contributed by atoms with Crippen molar-refractivity contribution in [2.24, 2.45) is 0 Å². The third-order valence-corrected chi connectivity index (χ3v) is 3.12. The molecule has 0 aliphatic rings. The quantitative estimate of drug-likeness (QED) is 0.756. The standard InChI is InChI=1S/C14H19N3O/c1-2-10(7-8-18)17-14-11-5-3-4-6-13(11)16-9-12(14)15/h3-6,9-10,18H,2,7-8,15H2,1H3,(H,16,17). The van der Waals surface area contributed by atoms with Crippen LogP contribution in [0.25, 0.3) is 10.9 Å². The Morgan fingerprint density at radius 1 is 1.39 bits per heavy atom. The zero-order chi connectivity index (χ0) is 13.0. The third-order valence-electron chi connectivity index (χ3n) is 3.12. The van der Waals surface area contributed by atoms with Gasteiger partial charge in [-0.2, -0.15) is 0 Å². The number of hydrogen-bond donors (Lipinski definition) is 3. The number of nitrogens with zero attached hydrogens (tertiary/aromatic N) is 1. The van der Waals surface area contributed by atoms with Gasteiger partial charge >= 0.3 is 0 Å². The van der Waals surface area contributed by atoms with Crippen molar-refractivity contribution < 1.29 is 5.11 Å². The number of rotatable bonds is 5. The van der Waals surface area contributed by atoms with Crippen LogP contribution >= 0.6 is 0 Å². The summed E-state index contributed by atoms with van der Waals surface area (Å²) < 4.78 is 0. The van der Waals surface area contributed by atoms with Crippen molar-refractivity contribution in [1.29, 1.82) is 0 Å². The highest BCUT2D eigenvalue weighted by molar-refractivity contribution is 5.96. The van der Waals surface area contributed by atoms with Crippen LogP contribution in [0.2, 0.25) is 0 Å². The van der Waals surface area contributed by atoms with Crippen molar-refractivity contribution in [3.05, 3.63) is 30.5 Å². The number of para-hydroxylation sites is 1. The molecule has 2 rings (SSSR count). The second-order valence-electron chi connectivity index (χ2n) is 4.37. The van der Waals surface area contributed by atoms with E-state index in [1.807, 2.05) is 24.3 Å². The third kappa shape index (κ3) is 2.54. The molecule has 96 valence electrons. The second kappa shape index (κ2) is 5.69. The molecule has 0 amide bonds. The summed E-state index contributed by atoms with van der Waals surface area (Å²) in [6.07, 6.45) is 3.33. The molecule has 18 heavy (non-hydrogen) atoms. The van der Waals surface area contributed by atoms with Crippen molar-refractivity contribution in [2.75, 3.05) is 17.7 Å². The van der Waals surface area contributed by atoms with Crippen molar-refractivity contribution in [2.45, 2.75) is 25.8 Å². The molecular weight excluding hydrogens is 226 g/mol. The predicted molar refractivity (Wildman–Crippen MR) is 75.6 cm³/mol. The van der Waals surface area contributed by atoms with Crippen LogP contribution in [0.15, 0.2) is 30.5 Å². The lowest BCUT2D eigenvalue weighted by molar-refractivity contribution is 0.278. The minimum atomic E-state index is 0.175. The topological polar surface area (TPSA) is 71.2 Å². The molecule has 4 nitrogen and oxygen atoms in total. The number of benzene rings is 1. The Bertz CT molecular complexity index is 527. The highest BCUT2D eigenvalue weighted by Crippen LogP contribution is 2.28. The zero-order valence-electron chi connectivity index (χ0n) is 10.6. The monoisotopic (exact) mass is 245 g/mol. The minimum Gasteiger partial charge on any atom is -0.396 e. The van der Waals surface area contributed by atoms with Gasteiger partial charge in [-0.25, -0.2) is 0 Å². The van der Waals surface area contributed by atoms with Gasteiger partial charge in [-0.05, 0) is 18.9 Å². The van der Waals surface area contributed by atoms with Gasteiger partial charge < -0.3 is 16.2 Å². The molecule has 0 fully saturated rings. The van der Waals surface area contributed by atoms with Gasteiger partial charge in [-0.3, -0.25) is 4.98 Å². The Hall–Kier alpha value is -1.81. The highest BCUT2D eigenvalue weighted by atomic mass is 16.3. The Kier molecular flexibility index (Phi) is 3.99. The predicted octanol–water partition coefficient (Wildman–Crippen LogP) is 2.39. The van der Waals surface area contributed by atoms with E-state index in [0.29, 0.717) is 12.1 Å². The van der Waals surface area contributed by atoms with Gasteiger partial charge in [0.05, 0.1) is 23.1 Å². The maximum Gasteiger partial charge on any atom is 0.0743 e. The lowest BCUT2D eigenvalue weighted by Crippen LogP contribution is -2.20. The summed E-state index contributed by atoms with van der Waals surface area (Å²) in [6.45, 7) is 2.27. The summed E-state index contributed by atoms with van der Waals surface area (Å²) >= 11 is 0. The maximum atomic E-state index is 9.04. The van der Waals surface area contributed by atoms with E-state index in [4.69, 9.17) is 10.8 Å². The van der Waals surface area contributed by atoms with E-state index in [2.05, 4.69) is 17.2 Å². The number of hydrogen-bond acceptors (Lipinski definition) is 4. The van der Waals surface area contributed by atoms with E-state index in [9.17, 15) is 0 Å². The number of nitrogens with two attached hydrogens (primary N) is 1. The number of fused-ring (bicyclic) bond motifs is 1. The Morgan fingerprint density at radius 3 is 2.89 bits per heavy atom. The van der Waals surface area contributed by atoms with Gasteiger partial charge in [0.1, 0.15) is 0 Å². The molecule has 0 saturated carbocycles. The van der Waals surface area contributed by atoms with E-state index in [1.54, 1.807) is 6.20 Å². The minimum absolute atomic E-state index is 0.175. The lowest BCUT2D eigenvalue weighted by Gasteiger charge is -2.19. The average Bonchev–Trinajstić information content (AvgIpc) is 2.41. The van der Waals surface area contributed by atoms with Crippen molar-refractivity contribution >= 4 is 22.3 Å². The number of aliphatic hydroxyl groups is 1. The molecule has 0 radical (unpaired) electrons. The molecule has 0 spiro atoms. The molecule has 0 aliphatic carbocycles. The van der Waals surface area contributed by atoms with E-state index < -0.39 is 0 Å². The van der Waals surface area contributed by atoms with E-state index in [-0.39, 0.29) is 12.6 Å². The number of aromatic nitrogens is 1. The van der Waals surface area contributed by atoms with Crippen LogP contribution in [0.5, 0.6) is 0 Å². The van der Waals surface area contributed by atoms with Gasteiger partial charge in [0.2, 0.25) is 0 Å². The lowest BCUT2D eigenvalue weighted by atomic mass is 10.1. The number of nitrogen functional groups attached to an aromatic ring is 1. The summed E-state index contributed by atoms with van der Waals surface area (Å²) in [4.78, 5) is 4.31. The maximum absolute atomic E-state index is 9.04. The summed E-state index contributed by atoms with van der Waals surface area (Å²) in [5.74, 6) is 0. The number of aliphatic hydroxyl groups excluding tert-OH is 1. The summed E-state index contributed by atoms with van der Waals surface area (Å²) in [5, 5.41) is 13.5. The van der Waals surface area contributed by atoms with Gasteiger partial charge in [0, 0.05) is 18.0 Å². The first-order chi connectivity index (χ1) is 8.76. The number of pyridine rings is 1. The molecule has 4 N–H and O–H groups in total. The normalized spacial score (nSPS) is 12.6. The fraction of sp³-hybridized carbons (Fsp3) is 0.357. The smallest absolute Gasteiger partial charge is 0.0743 e. The molecule has 4 heteroatoms. The molecule has 1 unspecified atom stereocenters. The summed E-state index contributed by atoms with van der Waals surface area (Å²) in [5.41, 5.74) is 8.48. The SMILES string of the molecule is CCC(CCO)Nc1c(N)cnc2ccccc12. The largest absolute Gasteiger partial charge is 0.396 e. The van der Waals surface area contributed by atoms with E-state index >= 15 is 0 Å². The fourth-order valence-electron chi connectivity index (χ4n) is 2.06. The van der Waals surface area contributed by atoms with Crippen molar-refractivity contribution in [3.8, 4) is 0 Å². The Morgan fingerprint density at radius 2 is 2.17 bits per heavy atom. The molecule has 1 heterocycles. The first-order valence-corrected chi connectivity index (χ1v) is 6.27. The van der Waals surface area contributed by atoms with Crippen LogP contribution < -0.4 is 11.1 Å². The van der Waals surface area contributed by atoms with Crippen LogP contribution in [0.4, 0.5) is 11.4 Å². The number of anilines is 2. The molecule has 1 aromatic carbocycles. The van der Waals surface area contributed by atoms with Crippen molar-refractivity contribution in [1.82, 2.24) is 4.98 Å². The molecule has 1 aromatic heterocycles. The zero-order valence-corrected chi connectivity index (χ0v) is 10.6. The summed E-state index contributed by atoms with van der Waals surface area (Å²) in [6, 6.07) is 8.13. The van der Waals surface area contributed by atoms with Crippen LogP contribution in [-0.4, -0.2) is 22.7 Å². The first kappa shape index (κ1) is 12.6. The highest BCUT2D eigenvalue weighted by Gasteiger charge is 2.11. The Balaban J connectivity index is 2.39. The molecule has 1 atom stereocenters. The molecule has 0 bridgehead atoms. The van der Waals surface area contributed by atoms with Crippen LogP contribution in [0, 0.1) is 0 Å². The molecule has 2 aromatic rings. The van der Waals surface area contributed by atoms with Gasteiger partial charge in [0.15, 0.2) is 0 Å². The molecule has 0 aliphatic heterocycles. The fourth-order valence-corrected chi connectivity index (χ4v) is 2.06. The van der Waals surface area contributed by atoms with Crippen LogP contribution in [-0.2, 0) is 0 Å². The van der Waals surface area contributed by atoms with Gasteiger partial charge in [-0.1, -0.05) is 25.1 Å². The van der Waals surface area contributed by atoms with Crippen molar-refractivity contribution in [3.63, 3.8) is 0 Å². The van der Waals surface area contributed by atoms with Gasteiger partial charge in [-0.15, -0.1) is 0 Å². The number of nitrogens with one attached hydrogen (secondary N) is 1. The van der Waals surface area contributed by atoms with Crippen LogP contribution in [0.3, 0.4) is 0 Å².